The minimum atomic E-state index is 0.646. The lowest BCUT2D eigenvalue weighted by Crippen LogP contribution is -2.34. The molecule has 100 valence electrons. The van der Waals surface area contributed by atoms with Crippen LogP contribution in [0.15, 0.2) is 22.7 Å². The molecule has 18 heavy (non-hydrogen) atoms. The van der Waals surface area contributed by atoms with Crippen LogP contribution >= 0.6 is 31.9 Å². The van der Waals surface area contributed by atoms with Crippen molar-refractivity contribution in [2.45, 2.75) is 18.3 Å². The van der Waals surface area contributed by atoms with Crippen LogP contribution in [-0.2, 0) is 5.33 Å². The van der Waals surface area contributed by atoms with Crippen LogP contribution in [0.25, 0.3) is 0 Å². The van der Waals surface area contributed by atoms with Crippen LogP contribution in [-0.4, -0.2) is 38.1 Å². The second-order valence-electron chi connectivity index (χ2n) is 5.33. The van der Waals surface area contributed by atoms with E-state index in [2.05, 4.69) is 80.9 Å². The molecule has 2 atom stereocenters. The molecule has 1 fully saturated rings. The number of alkyl halides is 1. The van der Waals surface area contributed by atoms with E-state index in [0.717, 1.165) is 18.4 Å². The Bertz CT molecular complexity index is 420. The summed E-state index contributed by atoms with van der Waals surface area (Å²) in [6.07, 6.45) is 0. The molecule has 2 nitrogen and oxygen atoms in total. The Morgan fingerprint density at radius 2 is 2.06 bits per heavy atom. The first-order chi connectivity index (χ1) is 8.52. The number of halogens is 2. The van der Waals surface area contributed by atoms with E-state index in [1.807, 2.05) is 0 Å². The SMILES string of the molecule is CC1CN(c2ccc(CBr)cc2Br)CC1N(C)C. The quantitative estimate of drug-likeness (QED) is 0.742. The third-order valence-electron chi connectivity index (χ3n) is 3.74. The predicted octanol–water partition coefficient (Wildman–Crippen LogP) is 3.73. The molecular formula is C14H20Br2N2. The maximum Gasteiger partial charge on any atom is 0.0511 e. The van der Waals surface area contributed by atoms with Crippen molar-refractivity contribution in [2.24, 2.45) is 5.92 Å². The molecule has 0 amide bonds. The third kappa shape index (κ3) is 2.91. The summed E-state index contributed by atoms with van der Waals surface area (Å²) < 4.78 is 1.20. The van der Waals surface area contributed by atoms with Gasteiger partial charge in [0.1, 0.15) is 0 Å². The number of anilines is 1. The summed E-state index contributed by atoms with van der Waals surface area (Å²) in [7, 11) is 4.35. The first kappa shape index (κ1) is 14.4. The van der Waals surface area contributed by atoms with Crippen molar-refractivity contribution in [3.63, 3.8) is 0 Å². The van der Waals surface area contributed by atoms with E-state index in [1.54, 1.807) is 0 Å². The zero-order valence-corrected chi connectivity index (χ0v) is 14.3. The monoisotopic (exact) mass is 374 g/mol. The number of benzene rings is 1. The molecule has 1 saturated heterocycles. The molecule has 1 aromatic carbocycles. The Balaban J connectivity index is 2.18. The van der Waals surface area contributed by atoms with Crippen LogP contribution in [0, 0.1) is 5.92 Å². The average molecular weight is 376 g/mol. The van der Waals surface area contributed by atoms with Gasteiger partial charge in [-0.15, -0.1) is 0 Å². The fraction of sp³-hybridized carbons (Fsp3) is 0.571. The van der Waals surface area contributed by atoms with E-state index in [9.17, 15) is 0 Å². The fourth-order valence-corrected chi connectivity index (χ4v) is 3.73. The highest BCUT2D eigenvalue weighted by Gasteiger charge is 2.31. The van der Waals surface area contributed by atoms with Crippen LogP contribution < -0.4 is 4.90 Å². The molecule has 4 heteroatoms. The third-order valence-corrected chi connectivity index (χ3v) is 5.03. The molecule has 2 unspecified atom stereocenters. The number of hydrogen-bond donors (Lipinski definition) is 0. The number of likely N-dealkylation sites (N-methyl/N-ethyl adjacent to an activating group) is 1. The van der Waals surface area contributed by atoms with E-state index < -0.39 is 0 Å². The summed E-state index contributed by atoms with van der Waals surface area (Å²) in [5.41, 5.74) is 2.62. The molecule has 0 radical (unpaired) electrons. The van der Waals surface area contributed by atoms with E-state index in [0.29, 0.717) is 12.0 Å². The van der Waals surface area contributed by atoms with Crippen molar-refractivity contribution in [2.75, 3.05) is 32.1 Å². The van der Waals surface area contributed by atoms with Crippen molar-refractivity contribution >= 4 is 37.5 Å². The number of nitrogens with zero attached hydrogens (tertiary/aromatic N) is 2. The number of hydrogen-bond acceptors (Lipinski definition) is 2. The molecule has 0 aromatic heterocycles. The van der Waals surface area contributed by atoms with Crippen molar-refractivity contribution < 1.29 is 0 Å². The largest absolute Gasteiger partial charge is 0.369 e. The fourth-order valence-electron chi connectivity index (χ4n) is 2.71. The highest BCUT2D eigenvalue weighted by Crippen LogP contribution is 2.32. The molecule has 1 aliphatic rings. The molecule has 1 aromatic rings. The Hall–Kier alpha value is -0.0600. The Morgan fingerprint density at radius 1 is 1.33 bits per heavy atom. The zero-order chi connectivity index (χ0) is 13.3. The van der Waals surface area contributed by atoms with Gasteiger partial charge in [-0.2, -0.15) is 0 Å². The Labute approximate surface area is 127 Å². The maximum absolute atomic E-state index is 3.70. The summed E-state index contributed by atoms with van der Waals surface area (Å²) >= 11 is 7.20. The predicted molar refractivity (Wildman–Crippen MR) is 85.6 cm³/mol. The second-order valence-corrected chi connectivity index (χ2v) is 6.75. The van der Waals surface area contributed by atoms with E-state index in [1.165, 1.54) is 15.7 Å². The van der Waals surface area contributed by atoms with Gasteiger partial charge in [-0.05, 0) is 53.6 Å². The molecule has 0 bridgehead atoms. The first-order valence-corrected chi connectivity index (χ1v) is 8.20. The molecule has 1 heterocycles. The van der Waals surface area contributed by atoms with Gasteiger partial charge >= 0.3 is 0 Å². The van der Waals surface area contributed by atoms with E-state index in [-0.39, 0.29) is 0 Å². The number of rotatable bonds is 3. The standard InChI is InChI=1S/C14H20Br2N2/c1-10-8-18(9-14(10)17(2)3)13-5-4-11(7-15)6-12(13)16/h4-6,10,14H,7-9H2,1-3H3. The average Bonchev–Trinajstić information content (AvgIpc) is 2.71. The smallest absolute Gasteiger partial charge is 0.0511 e. The topological polar surface area (TPSA) is 6.48 Å². The molecular weight excluding hydrogens is 356 g/mol. The molecule has 0 spiro atoms. The second kappa shape index (κ2) is 5.93. The first-order valence-electron chi connectivity index (χ1n) is 6.28. The van der Waals surface area contributed by atoms with Gasteiger partial charge in [0.15, 0.2) is 0 Å². The van der Waals surface area contributed by atoms with Gasteiger partial charge in [0.05, 0.1) is 5.69 Å². The molecule has 1 aliphatic heterocycles. The van der Waals surface area contributed by atoms with Gasteiger partial charge in [-0.25, -0.2) is 0 Å². The van der Waals surface area contributed by atoms with Crippen LogP contribution in [0.2, 0.25) is 0 Å². The van der Waals surface area contributed by atoms with Crippen molar-refractivity contribution in [1.82, 2.24) is 4.90 Å². The minimum Gasteiger partial charge on any atom is -0.369 e. The lowest BCUT2D eigenvalue weighted by Gasteiger charge is -2.23. The molecule has 2 rings (SSSR count). The van der Waals surface area contributed by atoms with Crippen LogP contribution in [0.5, 0.6) is 0 Å². The summed E-state index contributed by atoms with van der Waals surface area (Å²) in [4.78, 5) is 4.82. The van der Waals surface area contributed by atoms with Gasteiger partial charge in [0.25, 0.3) is 0 Å². The van der Waals surface area contributed by atoms with E-state index >= 15 is 0 Å². The normalized spacial score (nSPS) is 24.0. The van der Waals surface area contributed by atoms with Crippen molar-refractivity contribution in [3.05, 3.63) is 28.2 Å². The van der Waals surface area contributed by atoms with Gasteiger partial charge < -0.3 is 9.80 Å². The summed E-state index contributed by atoms with van der Waals surface area (Å²) in [5.74, 6) is 0.711. The molecule has 0 saturated carbocycles. The minimum absolute atomic E-state index is 0.646. The summed E-state index contributed by atoms with van der Waals surface area (Å²) in [6, 6.07) is 7.28. The Morgan fingerprint density at radius 3 is 2.56 bits per heavy atom. The van der Waals surface area contributed by atoms with Gasteiger partial charge in [0, 0.05) is 28.9 Å². The van der Waals surface area contributed by atoms with Crippen molar-refractivity contribution in [3.8, 4) is 0 Å². The van der Waals surface area contributed by atoms with Crippen molar-refractivity contribution in [1.29, 1.82) is 0 Å². The Kier molecular flexibility index (Phi) is 4.73. The van der Waals surface area contributed by atoms with Crippen LogP contribution in [0.3, 0.4) is 0 Å². The molecule has 0 aliphatic carbocycles. The van der Waals surface area contributed by atoms with Gasteiger partial charge in [-0.1, -0.05) is 28.9 Å². The maximum atomic E-state index is 3.70. The van der Waals surface area contributed by atoms with Gasteiger partial charge in [-0.3, -0.25) is 0 Å². The van der Waals surface area contributed by atoms with E-state index in [4.69, 9.17) is 0 Å². The van der Waals surface area contributed by atoms with Crippen LogP contribution in [0.1, 0.15) is 12.5 Å². The van der Waals surface area contributed by atoms with Crippen LogP contribution in [0.4, 0.5) is 5.69 Å². The highest BCUT2D eigenvalue weighted by atomic mass is 79.9. The lowest BCUT2D eigenvalue weighted by atomic mass is 10.1. The highest BCUT2D eigenvalue weighted by molar-refractivity contribution is 9.10. The summed E-state index contributed by atoms with van der Waals surface area (Å²) in [5, 5.41) is 0.905. The summed E-state index contributed by atoms with van der Waals surface area (Å²) in [6.45, 7) is 4.58. The molecule has 0 N–H and O–H groups in total. The lowest BCUT2D eigenvalue weighted by molar-refractivity contribution is 0.266. The van der Waals surface area contributed by atoms with Gasteiger partial charge in [0.2, 0.25) is 0 Å². The zero-order valence-electron chi connectivity index (χ0n) is 11.2.